The number of rotatable bonds is 4. The molecule has 1 aromatic carbocycles. The molecule has 4 heterocycles. The molecule has 0 aliphatic carbocycles. The largest absolute Gasteiger partial charge is 0.388 e. The van der Waals surface area contributed by atoms with Gasteiger partial charge in [-0.3, -0.25) is 14.2 Å². The normalized spacial score (nSPS) is 15.9. The van der Waals surface area contributed by atoms with Gasteiger partial charge in [-0.2, -0.15) is 5.10 Å². The Balaban J connectivity index is 1.33. The van der Waals surface area contributed by atoms with Gasteiger partial charge in [0.25, 0.3) is 11.5 Å². The van der Waals surface area contributed by atoms with Gasteiger partial charge in [-0.25, -0.2) is 14.6 Å². The number of para-hydroxylation sites is 1. The standard InChI is InChI=1S/C22H23N7O3/c1-26-12-18(23-14-26)21(31)27-9-7-22(32,8-10-27)13-28-15-24-19-17(20(28)30)11-25-29(19)16-5-3-2-4-6-16/h2-6,11-12,14-15,32H,7-10,13H2,1H3. The Kier molecular flexibility index (Phi) is 4.86. The van der Waals surface area contributed by atoms with Crippen molar-refractivity contribution in [3.63, 3.8) is 0 Å². The number of fused-ring (bicyclic) bond motifs is 1. The molecule has 0 atom stereocenters. The number of nitrogens with zero attached hydrogens (tertiary/aromatic N) is 7. The van der Waals surface area contributed by atoms with Crippen LogP contribution in [0.2, 0.25) is 0 Å². The molecule has 164 valence electrons. The Morgan fingerprint density at radius 1 is 1.12 bits per heavy atom. The second kappa shape index (κ2) is 7.72. The Morgan fingerprint density at radius 3 is 2.56 bits per heavy atom. The van der Waals surface area contributed by atoms with Crippen molar-refractivity contribution in [1.29, 1.82) is 0 Å². The van der Waals surface area contributed by atoms with Crippen molar-refractivity contribution in [3.8, 4) is 5.69 Å². The van der Waals surface area contributed by atoms with Crippen molar-refractivity contribution in [2.75, 3.05) is 13.1 Å². The van der Waals surface area contributed by atoms with Crippen LogP contribution >= 0.6 is 0 Å². The molecular weight excluding hydrogens is 410 g/mol. The molecule has 10 nitrogen and oxygen atoms in total. The first-order valence-corrected chi connectivity index (χ1v) is 10.4. The summed E-state index contributed by atoms with van der Waals surface area (Å²) in [5, 5.41) is 15.8. The third-order valence-electron chi connectivity index (χ3n) is 5.93. The van der Waals surface area contributed by atoms with Crippen molar-refractivity contribution in [2.24, 2.45) is 7.05 Å². The fraction of sp³-hybridized carbons (Fsp3) is 0.318. The highest BCUT2D eigenvalue weighted by Gasteiger charge is 2.35. The molecule has 5 rings (SSSR count). The Morgan fingerprint density at radius 2 is 1.88 bits per heavy atom. The molecule has 1 aliphatic rings. The van der Waals surface area contributed by atoms with E-state index < -0.39 is 5.60 Å². The van der Waals surface area contributed by atoms with Gasteiger partial charge in [0.15, 0.2) is 5.65 Å². The predicted molar refractivity (Wildman–Crippen MR) is 116 cm³/mol. The summed E-state index contributed by atoms with van der Waals surface area (Å²) in [4.78, 5) is 35.9. The molecule has 0 bridgehead atoms. The highest BCUT2D eigenvalue weighted by molar-refractivity contribution is 5.92. The number of likely N-dealkylation sites (tertiary alicyclic amines) is 1. The van der Waals surface area contributed by atoms with Gasteiger partial charge >= 0.3 is 0 Å². The van der Waals surface area contributed by atoms with Gasteiger partial charge < -0.3 is 14.6 Å². The minimum atomic E-state index is -1.10. The molecular formula is C22H23N7O3. The second-order valence-corrected chi connectivity index (χ2v) is 8.25. The summed E-state index contributed by atoms with van der Waals surface area (Å²) in [5.74, 6) is -0.152. The molecule has 1 N–H and O–H groups in total. The van der Waals surface area contributed by atoms with Crippen LogP contribution in [0, 0.1) is 0 Å². The molecule has 1 saturated heterocycles. The van der Waals surface area contributed by atoms with Gasteiger partial charge in [-0.1, -0.05) is 18.2 Å². The van der Waals surface area contributed by atoms with E-state index in [2.05, 4.69) is 15.1 Å². The Hall–Kier alpha value is -3.79. The lowest BCUT2D eigenvalue weighted by atomic mass is 9.91. The zero-order valence-electron chi connectivity index (χ0n) is 17.6. The fourth-order valence-corrected chi connectivity index (χ4v) is 4.11. The minimum Gasteiger partial charge on any atom is -0.388 e. The van der Waals surface area contributed by atoms with Crippen LogP contribution in [0.3, 0.4) is 0 Å². The molecule has 3 aromatic heterocycles. The maximum absolute atomic E-state index is 13.0. The number of carbonyl (C=O) groups is 1. The second-order valence-electron chi connectivity index (χ2n) is 8.25. The van der Waals surface area contributed by atoms with E-state index in [4.69, 9.17) is 0 Å². The number of carbonyl (C=O) groups excluding carboxylic acids is 1. The SMILES string of the molecule is Cn1cnc(C(=O)N2CCC(O)(Cn3cnc4c(cnn4-c4ccccc4)c3=O)CC2)c1. The zero-order chi connectivity index (χ0) is 22.3. The maximum atomic E-state index is 13.0. The summed E-state index contributed by atoms with van der Waals surface area (Å²) in [7, 11) is 1.81. The van der Waals surface area contributed by atoms with E-state index in [0.717, 1.165) is 5.69 Å². The van der Waals surface area contributed by atoms with E-state index in [-0.39, 0.29) is 18.0 Å². The van der Waals surface area contributed by atoms with Crippen LogP contribution in [0.1, 0.15) is 23.3 Å². The van der Waals surface area contributed by atoms with E-state index in [1.165, 1.54) is 17.1 Å². The Bertz CT molecular complexity index is 1330. The number of hydrogen-bond donors (Lipinski definition) is 1. The van der Waals surface area contributed by atoms with Gasteiger partial charge in [0.05, 0.1) is 30.4 Å². The van der Waals surface area contributed by atoms with Gasteiger partial charge in [-0.15, -0.1) is 0 Å². The van der Waals surface area contributed by atoms with Crippen LogP contribution < -0.4 is 5.56 Å². The van der Waals surface area contributed by atoms with Crippen LogP contribution in [-0.4, -0.2) is 63.5 Å². The van der Waals surface area contributed by atoms with Crippen molar-refractivity contribution in [3.05, 3.63) is 71.4 Å². The maximum Gasteiger partial charge on any atom is 0.274 e. The number of benzene rings is 1. The molecule has 4 aromatic rings. The lowest BCUT2D eigenvalue weighted by Gasteiger charge is -2.38. The number of aliphatic hydroxyl groups is 1. The number of hydrogen-bond acceptors (Lipinski definition) is 6. The minimum absolute atomic E-state index is 0.108. The molecule has 1 aliphatic heterocycles. The summed E-state index contributed by atoms with van der Waals surface area (Å²) in [6.07, 6.45) is 6.95. The lowest BCUT2D eigenvalue weighted by molar-refractivity contribution is -0.0300. The summed E-state index contributed by atoms with van der Waals surface area (Å²) in [5.41, 5.74) is 0.322. The Labute approximate surface area is 183 Å². The third-order valence-corrected chi connectivity index (χ3v) is 5.93. The number of piperidine rings is 1. The highest BCUT2D eigenvalue weighted by Crippen LogP contribution is 2.25. The molecule has 0 spiro atoms. The quantitative estimate of drug-likeness (QED) is 0.514. The molecule has 10 heteroatoms. The van der Waals surface area contributed by atoms with Crippen molar-refractivity contribution < 1.29 is 9.90 Å². The van der Waals surface area contributed by atoms with E-state index in [1.807, 2.05) is 37.4 Å². The van der Waals surface area contributed by atoms with Gasteiger partial charge in [0.1, 0.15) is 17.4 Å². The third kappa shape index (κ3) is 3.58. The first kappa shape index (κ1) is 20.1. The molecule has 0 radical (unpaired) electrons. The first-order valence-electron chi connectivity index (χ1n) is 10.4. The molecule has 32 heavy (non-hydrogen) atoms. The van der Waals surface area contributed by atoms with E-state index in [9.17, 15) is 14.7 Å². The summed E-state index contributed by atoms with van der Waals surface area (Å²) < 4.78 is 4.77. The van der Waals surface area contributed by atoms with Crippen LogP contribution in [0.25, 0.3) is 16.7 Å². The van der Waals surface area contributed by atoms with E-state index >= 15 is 0 Å². The van der Waals surface area contributed by atoms with Crippen molar-refractivity contribution in [1.82, 2.24) is 33.8 Å². The summed E-state index contributed by atoms with van der Waals surface area (Å²) in [6.45, 7) is 0.890. The number of aromatic nitrogens is 6. The summed E-state index contributed by atoms with van der Waals surface area (Å²) >= 11 is 0. The lowest BCUT2D eigenvalue weighted by Crippen LogP contribution is -2.49. The molecule has 0 saturated carbocycles. The highest BCUT2D eigenvalue weighted by atomic mass is 16.3. The first-order chi connectivity index (χ1) is 15.4. The van der Waals surface area contributed by atoms with Crippen LogP contribution in [-0.2, 0) is 13.6 Å². The average Bonchev–Trinajstić information content (AvgIpc) is 3.43. The number of amides is 1. The molecule has 1 amide bonds. The predicted octanol–water partition coefficient (Wildman–Crippen LogP) is 0.983. The van der Waals surface area contributed by atoms with Crippen LogP contribution in [0.5, 0.6) is 0 Å². The van der Waals surface area contributed by atoms with Crippen LogP contribution in [0.4, 0.5) is 0 Å². The van der Waals surface area contributed by atoms with Gasteiger partial charge in [-0.05, 0) is 25.0 Å². The van der Waals surface area contributed by atoms with Crippen molar-refractivity contribution in [2.45, 2.75) is 25.0 Å². The monoisotopic (exact) mass is 433 g/mol. The average molecular weight is 433 g/mol. The topological polar surface area (TPSA) is 111 Å². The van der Waals surface area contributed by atoms with Gasteiger partial charge in [0, 0.05) is 26.3 Å². The molecule has 0 unspecified atom stereocenters. The number of aryl methyl sites for hydroxylation is 1. The van der Waals surface area contributed by atoms with Gasteiger partial charge in [0.2, 0.25) is 0 Å². The van der Waals surface area contributed by atoms with E-state index in [1.54, 1.807) is 26.7 Å². The fourth-order valence-electron chi connectivity index (χ4n) is 4.11. The van der Waals surface area contributed by atoms with Crippen LogP contribution in [0.15, 0.2) is 60.2 Å². The van der Waals surface area contributed by atoms with Crippen molar-refractivity contribution >= 4 is 16.9 Å². The zero-order valence-corrected chi connectivity index (χ0v) is 17.6. The summed E-state index contributed by atoms with van der Waals surface area (Å²) in [6, 6.07) is 9.48. The van der Waals surface area contributed by atoms with E-state index in [0.29, 0.717) is 42.7 Å². The molecule has 1 fully saturated rings. The number of imidazole rings is 1. The smallest absolute Gasteiger partial charge is 0.274 e.